The highest BCUT2D eigenvalue weighted by molar-refractivity contribution is 5.93. The van der Waals surface area contributed by atoms with E-state index in [0.717, 1.165) is 24.8 Å². The Morgan fingerprint density at radius 3 is 2.59 bits per heavy atom. The van der Waals surface area contributed by atoms with Gasteiger partial charge in [-0.15, -0.1) is 0 Å². The van der Waals surface area contributed by atoms with Crippen molar-refractivity contribution in [1.82, 2.24) is 20.9 Å². The average Bonchev–Trinajstić information content (AvgIpc) is 2.53. The average molecular weight is 305 g/mol. The molecule has 0 aliphatic heterocycles. The molecule has 0 bridgehead atoms. The second-order valence-corrected chi connectivity index (χ2v) is 5.46. The molecule has 0 aliphatic rings. The number of aliphatic imine (C=N–C) groups is 1. The fraction of sp³-hybridized carbons (Fsp3) is 0.562. The Bertz CT molecular complexity index is 459. The molecule has 0 aromatic carbocycles. The third kappa shape index (κ3) is 7.61. The highest BCUT2D eigenvalue weighted by Gasteiger charge is 2.04. The maximum Gasteiger partial charge on any atom is 0.252 e. The summed E-state index contributed by atoms with van der Waals surface area (Å²) < 4.78 is 0. The van der Waals surface area contributed by atoms with E-state index in [1.54, 1.807) is 31.6 Å². The van der Waals surface area contributed by atoms with Crippen molar-refractivity contribution in [2.75, 3.05) is 26.7 Å². The van der Waals surface area contributed by atoms with Crippen LogP contribution >= 0.6 is 0 Å². The molecule has 22 heavy (non-hydrogen) atoms. The number of hydrogen-bond acceptors (Lipinski definition) is 3. The molecule has 0 spiro atoms. The molecule has 122 valence electrons. The second kappa shape index (κ2) is 10.6. The number of aromatic nitrogens is 1. The third-order valence-corrected chi connectivity index (χ3v) is 3.10. The number of pyridine rings is 1. The van der Waals surface area contributed by atoms with Gasteiger partial charge in [0, 0.05) is 39.1 Å². The molecular weight excluding hydrogens is 278 g/mol. The van der Waals surface area contributed by atoms with Gasteiger partial charge in [-0.3, -0.25) is 14.8 Å². The predicted molar refractivity (Wildman–Crippen MR) is 90.0 cm³/mol. The van der Waals surface area contributed by atoms with Gasteiger partial charge < -0.3 is 16.0 Å². The van der Waals surface area contributed by atoms with Crippen molar-refractivity contribution < 1.29 is 4.79 Å². The van der Waals surface area contributed by atoms with E-state index in [1.165, 1.54) is 6.42 Å². The lowest BCUT2D eigenvalue weighted by Crippen LogP contribution is -2.41. The van der Waals surface area contributed by atoms with E-state index in [-0.39, 0.29) is 5.91 Å². The zero-order chi connectivity index (χ0) is 16.2. The van der Waals surface area contributed by atoms with E-state index < -0.39 is 0 Å². The molecule has 0 radical (unpaired) electrons. The van der Waals surface area contributed by atoms with Crippen molar-refractivity contribution in [3.05, 3.63) is 30.1 Å². The molecule has 0 unspecified atom stereocenters. The minimum absolute atomic E-state index is 0.116. The molecule has 1 rings (SSSR count). The SMILES string of the molecule is CN=C(NCCCC(C)C)NCCNC(=O)c1cccnc1. The summed E-state index contributed by atoms with van der Waals surface area (Å²) in [5.74, 6) is 1.37. The van der Waals surface area contributed by atoms with E-state index in [9.17, 15) is 4.79 Å². The zero-order valence-corrected chi connectivity index (χ0v) is 13.7. The Balaban J connectivity index is 2.15. The van der Waals surface area contributed by atoms with E-state index in [4.69, 9.17) is 0 Å². The van der Waals surface area contributed by atoms with Crippen LogP contribution in [0.5, 0.6) is 0 Å². The molecule has 0 fully saturated rings. The highest BCUT2D eigenvalue weighted by atomic mass is 16.1. The van der Waals surface area contributed by atoms with Gasteiger partial charge in [-0.05, 0) is 30.9 Å². The summed E-state index contributed by atoms with van der Waals surface area (Å²) in [6, 6.07) is 3.49. The topological polar surface area (TPSA) is 78.4 Å². The summed E-state index contributed by atoms with van der Waals surface area (Å²) in [4.78, 5) is 19.9. The molecule has 6 nitrogen and oxygen atoms in total. The Kier molecular flexibility index (Phi) is 8.64. The number of carbonyl (C=O) groups excluding carboxylic acids is 1. The first-order chi connectivity index (χ1) is 10.6. The Morgan fingerprint density at radius 2 is 1.95 bits per heavy atom. The molecule has 1 aromatic rings. The van der Waals surface area contributed by atoms with Crippen LogP contribution in [-0.2, 0) is 0 Å². The normalized spacial score (nSPS) is 11.4. The van der Waals surface area contributed by atoms with Crippen LogP contribution in [0.15, 0.2) is 29.5 Å². The molecule has 3 N–H and O–H groups in total. The van der Waals surface area contributed by atoms with Gasteiger partial charge in [0.05, 0.1) is 5.56 Å². The Morgan fingerprint density at radius 1 is 1.23 bits per heavy atom. The minimum atomic E-state index is -0.116. The molecule has 0 aliphatic carbocycles. The summed E-state index contributed by atoms with van der Waals surface area (Å²) in [5, 5.41) is 9.27. The van der Waals surface area contributed by atoms with Gasteiger partial charge >= 0.3 is 0 Å². The molecular formula is C16H27N5O. The van der Waals surface area contributed by atoms with Gasteiger partial charge in [0.2, 0.25) is 0 Å². The lowest BCUT2D eigenvalue weighted by atomic mass is 10.1. The van der Waals surface area contributed by atoms with E-state index in [2.05, 4.69) is 39.8 Å². The number of guanidine groups is 1. The molecule has 1 heterocycles. The first-order valence-electron chi connectivity index (χ1n) is 7.76. The van der Waals surface area contributed by atoms with Crippen LogP contribution in [0, 0.1) is 5.92 Å². The maximum atomic E-state index is 11.8. The molecule has 0 saturated heterocycles. The van der Waals surface area contributed by atoms with Gasteiger partial charge in [0.25, 0.3) is 5.91 Å². The second-order valence-electron chi connectivity index (χ2n) is 5.46. The van der Waals surface area contributed by atoms with Gasteiger partial charge in [0.15, 0.2) is 5.96 Å². The smallest absolute Gasteiger partial charge is 0.252 e. The summed E-state index contributed by atoms with van der Waals surface area (Å²) in [6.45, 7) is 6.49. The van der Waals surface area contributed by atoms with E-state index in [0.29, 0.717) is 18.7 Å². The lowest BCUT2D eigenvalue weighted by molar-refractivity contribution is 0.0954. The van der Waals surface area contributed by atoms with E-state index in [1.807, 2.05) is 0 Å². The number of rotatable bonds is 8. The van der Waals surface area contributed by atoms with Crippen LogP contribution in [0.25, 0.3) is 0 Å². The monoisotopic (exact) mass is 305 g/mol. The van der Waals surface area contributed by atoms with Crippen molar-refractivity contribution in [1.29, 1.82) is 0 Å². The first-order valence-corrected chi connectivity index (χ1v) is 7.76. The highest BCUT2D eigenvalue weighted by Crippen LogP contribution is 2.01. The fourth-order valence-electron chi connectivity index (χ4n) is 1.89. The van der Waals surface area contributed by atoms with Crippen LogP contribution < -0.4 is 16.0 Å². The Hall–Kier alpha value is -2.11. The molecule has 1 amide bonds. The zero-order valence-electron chi connectivity index (χ0n) is 13.7. The Labute approximate surface area is 132 Å². The van der Waals surface area contributed by atoms with Crippen molar-refractivity contribution in [3.63, 3.8) is 0 Å². The quantitative estimate of drug-likeness (QED) is 0.385. The first kappa shape index (κ1) is 17.9. The number of hydrogen-bond donors (Lipinski definition) is 3. The fourth-order valence-corrected chi connectivity index (χ4v) is 1.89. The van der Waals surface area contributed by atoms with E-state index >= 15 is 0 Å². The van der Waals surface area contributed by atoms with Gasteiger partial charge in [-0.2, -0.15) is 0 Å². The van der Waals surface area contributed by atoms with Gasteiger partial charge in [0.1, 0.15) is 0 Å². The minimum Gasteiger partial charge on any atom is -0.356 e. The molecule has 0 atom stereocenters. The van der Waals surface area contributed by atoms with Crippen LogP contribution in [0.3, 0.4) is 0 Å². The van der Waals surface area contributed by atoms with Gasteiger partial charge in [-0.1, -0.05) is 13.8 Å². The molecule has 1 aromatic heterocycles. The van der Waals surface area contributed by atoms with Crippen LogP contribution in [0.2, 0.25) is 0 Å². The summed E-state index contributed by atoms with van der Waals surface area (Å²) >= 11 is 0. The van der Waals surface area contributed by atoms with Crippen molar-refractivity contribution in [2.45, 2.75) is 26.7 Å². The van der Waals surface area contributed by atoms with Crippen LogP contribution in [0.1, 0.15) is 37.0 Å². The third-order valence-electron chi connectivity index (χ3n) is 3.10. The molecule has 0 saturated carbocycles. The summed E-state index contributed by atoms with van der Waals surface area (Å²) in [5.41, 5.74) is 0.568. The maximum absolute atomic E-state index is 11.8. The van der Waals surface area contributed by atoms with Crippen molar-refractivity contribution >= 4 is 11.9 Å². The summed E-state index contributed by atoms with van der Waals surface area (Å²) in [7, 11) is 1.74. The van der Waals surface area contributed by atoms with Crippen molar-refractivity contribution in [3.8, 4) is 0 Å². The lowest BCUT2D eigenvalue weighted by Gasteiger charge is -2.12. The van der Waals surface area contributed by atoms with Crippen LogP contribution in [-0.4, -0.2) is 43.5 Å². The number of carbonyl (C=O) groups is 1. The standard InChI is InChI=1S/C16H27N5O/c1-13(2)6-4-9-20-16(17-3)21-11-10-19-15(22)14-7-5-8-18-12-14/h5,7-8,12-13H,4,6,9-11H2,1-3H3,(H,19,22)(H2,17,20,21). The largest absolute Gasteiger partial charge is 0.356 e. The van der Waals surface area contributed by atoms with Crippen LogP contribution in [0.4, 0.5) is 0 Å². The number of nitrogens with zero attached hydrogens (tertiary/aromatic N) is 2. The summed E-state index contributed by atoms with van der Waals surface area (Å²) in [6.07, 6.45) is 5.52. The van der Waals surface area contributed by atoms with Gasteiger partial charge in [-0.25, -0.2) is 0 Å². The molecule has 6 heteroatoms. The number of amides is 1. The number of nitrogens with one attached hydrogen (secondary N) is 3. The predicted octanol–water partition coefficient (Wildman–Crippen LogP) is 1.41. The van der Waals surface area contributed by atoms with Crippen molar-refractivity contribution in [2.24, 2.45) is 10.9 Å².